The minimum absolute atomic E-state index is 0.0984. The molecule has 9 heteroatoms. The molecule has 6 nitrogen and oxygen atoms in total. The van der Waals surface area contributed by atoms with Gasteiger partial charge in [0.05, 0.1) is 17.2 Å². The van der Waals surface area contributed by atoms with E-state index in [9.17, 15) is 17.6 Å². The van der Waals surface area contributed by atoms with Crippen LogP contribution in [0.5, 0.6) is 5.75 Å². The van der Waals surface area contributed by atoms with Crippen LogP contribution in [-0.4, -0.2) is 50.6 Å². The van der Waals surface area contributed by atoms with Crippen LogP contribution in [-0.2, 0) is 20.6 Å². The predicted molar refractivity (Wildman–Crippen MR) is 120 cm³/mol. The molecule has 31 heavy (non-hydrogen) atoms. The molecule has 0 saturated carbocycles. The number of piperidine rings is 1. The van der Waals surface area contributed by atoms with Crippen molar-refractivity contribution in [1.29, 1.82) is 0 Å². The number of carbonyl (C=O) groups excluding carboxylic acids is 1. The number of thioether (sulfide) groups is 1. The summed E-state index contributed by atoms with van der Waals surface area (Å²) in [5, 5.41) is 2.78. The molecule has 1 saturated heterocycles. The number of carbonyl (C=O) groups is 1. The number of halogens is 1. The third-order valence-corrected chi connectivity index (χ3v) is 7.80. The number of hydrogen-bond acceptors (Lipinski definition) is 5. The lowest BCUT2D eigenvalue weighted by Gasteiger charge is -2.25. The molecule has 1 aliphatic rings. The maximum Gasteiger partial charge on any atom is 0.243 e. The summed E-state index contributed by atoms with van der Waals surface area (Å²) in [6.45, 7) is 1.78. The van der Waals surface area contributed by atoms with Crippen LogP contribution in [0, 0.1) is 5.82 Å². The zero-order chi connectivity index (χ0) is 22.1. The Labute approximate surface area is 187 Å². The molecule has 2 aromatic carbocycles. The predicted octanol–water partition coefficient (Wildman–Crippen LogP) is 3.43. The van der Waals surface area contributed by atoms with Crippen molar-refractivity contribution in [2.45, 2.75) is 29.9 Å². The average Bonchev–Trinajstić information content (AvgIpc) is 2.79. The highest BCUT2D eigenvalue weighted by Crippen LogP contribution is 2.22. The quantitative estimate of drug-likeness (QED) is 0.543. The maximum absolute atomic E-state index is 12.9. The first-order valence-corrected chi connectivity index (χ1v) is 12.9. The van der Waals surface area contributed by atoms with Gasteiger partial charge in [-0.25, -0.2) is 12.8 Å². The van der Waals surface area contributed by atoms with Crippen molar-refractivity contribution in [2.24, 2.45) is 0 Å². The smallest absolute Gasteiger partial charge is 0.243 e. The Morgan fingerprint density at radius 1 is 1.03 bits per heavy atom. The lowest BCUT2D eigenvalue weighted by Crippen LogP contribution is -2.35. The standard InChI is InChI=1S/C22H27FN2O4S2/c23-19-6-4-18(5-7-19)16-30-17-22(26)24-12-15-29-20-8-10-21(11-9-20)31(27,28)25-13-2-1-3-14-25/h4-11H,1-3,12-17H2,(H,24,26). The number of amides is 1. The highest BCUT2D eigenvalue weighted by atomic mass is 32.2. The number of benzene rings is 2. The molecule has 168 valence electrons. The van der Waals surface area contributed by atoms with Crippen molar-refractivity contribution >= 4 is 27.7 Å². The second-order valence-corrected chi connectivity index (χ2v) is 10.2. The fraction of sp³-hybridized carbons (Fsp3) is 0.409. The van der Waals surface area contributed by atoms with Crippen LogP contribution in [0.4, 0.5) is 4.39 Å². The van der Waals surface area contributed by atoms with Crippen molar-refractivity contribution in [3.8, 4) is 5.75 Å². The number of nitrogens with one attached hydrogen (secondary N) is 1. The van der Waals surface area contributed by atoms with Crippen LogP contribution >= 0.6 is 11.8 Å². The van der Waals surface area contributed by atoms with Crippen molar-refractivity contribution in [3.63, 3.8) is 0 Å². The minimum atomic E-state index is -3.45. The third-order valence-electron chi connectivity index (χ3n) is 4.88. The molecular formula is C22H27FN2O4S2. The van der Waals surface area contributed by atoms with E-state index < -0.39 is 10.0 Å². The zero-order valence-corrected chi connectivity index (χ0v) is 18.9. The van der Waals surface area contributed by atoms with Gasteiger partial charge in [0.2, 0.25) is 15.9 Å². The minimum Gasteiger partial charge on any atom is -0.492 e. The van der Waals surface area contributed by atoms with Crippen molar-refractivity contribution in [2.75, 3.05) is 32.0 Å². The topological polar surface area (TPSA) is 75.7 Å². The summed E-state index contributed by atoms with van der Waals surface area (Å²) in [5.41, 5.74) is 0.966. The first kappa shape index (κ1) is 23.6. The Kier molecular flexibility index (Phi) is 8.74. The van der Waals surface area contributed by atoms with Crippen LogP contribution in [0.2, 0.25) is 0 Å². The van der Waals surface area contributed by atoms with Gasteiger partial charge in [0, 0.05) is 18.8 Å². The lowest BCUT2D eigenvalue weighted by molar-refractivity contribution is -0.118. The van der Waals surface area contributed by atoms with E-state index in [0.717, 1.165) is 24.8 Å². The SMILES string of the molecule is O=C(CSCc1ccc(F)cc1)NCCOc1ccc(S(=O)(=O)N2CCCCC2)cc1. The normalized spacial score (nSPS) is 14.9. The van der Waals surface area contributed by atoms with Gasteiger partial charge in [-0.3, -0.25) is 4.79 Å². The molecular weight excluding hydrogens is 439 g/mol. The van der Waals surface area contributed by atoms with Gasteiger partial charge in [-0.2, -0.15) is 4.31 Å². The monoisotopic (exact) mass is 466 g/mol. The van der Waals surface area contributed by atoms with E-state index in [1.54, 1.807) is 36.4 Å². The van der Waals surface area contributed by atoms with E-state index in [0.29, 0.717) is 36.9 Å². The maximum atomic E-state index is 12.9. The number of nitrogens with zero attached hydrogens (tertiary/aromatic N) is 1. The van der Waals surface area contributed by atoms with Gasteiger partial charge < -0.3 is 10.1 Å². The number of hydrogen-bond donors (Lipinski definition) is 1. The molecule has 1 fully saturated rings. The first-order valence-electron chi connectivity index (χ1n) is 10.3. The molecule has 3 rings (SSSR count). The highest BCUT2D eigenvalue weighted by molar-refractivity contribution is 7.99. The largest absolute Gasteiger partial charge is 0.492 e. The van der Waals surface area contributed by atoms with Crippen molar-refractivity contribution in [1.82, 2.24) is 9.62 Å². The van der Waals surface area contributed by atoms with Gasteiger partial charge >= 0.3 is 0 Å². The first-order chi connectivity index (χ1) is 14.9. The summed E-state index contributed by atoms with van der Waals surface area (Å²) in [4.78, 5) is 12.2. The van der Waals surface area contributed by atoms with Gasteiger partial charge in [-0.05, 0) is 54.8 Å². The Balaban J connectivity index is 1.34. The van der Waals surface area contributed by atoms with E-state index >= 15 is 0 Å². The molecule has 0 aliphatic carbocycles. The number of rotatable bonds is 10. The molecule has 0 aromatic heterocycles. The van der Waals surface area contributed by atoms with Gasteiger partial charge in [0.25, 0.3) is 0 Å². The molecule has 0 bridgehead atoms. The Morgan fingerprint density at radius 2 is 1.71 bits per heavy atom. The van der Waals surface area contributed by atoms with E-state index in [2.05, 4.69) is 5.32 Å². The number of sulfonamides is 1. The molecule has 1 amide bonds. The third kappa shape index (κ3) is 7.22. The molecule has 1 heterocycles. The van der Waals surface area contributed by atoms with E-state index in [4.69, 9.17) is 4.74 Å². The Hall–Kier alpha value is -2.10. The zero-order valence-electron chi connectivity index (χ0n) is 17.3. The lowest BCUT2D eigenvalue weighted by atomic mass is 10.2. The fourth-order valence-corrected chi connectivity index (χ4v) is 5.55. The second-order valence-electron chi connectivity index (χ2n) is 7.25. The molecule has 0 unspecified atom stereocenters. The van der Waals surface area contributed by atoms with E-state index in [1.807, 2.05) is 0 Å². The highest BCUT2D eigenvalue weighted by Gasteiger charge is 2.25. The van der Waals surface area contributed by atoms with Crippen molar-refractivity contribution in [3.05, 3.63) is 59.9 Å². The van der Waals surface area contributed by atoms with Crippen LogP contribution in [0.1, 0.15) is 24.8 Å². The fourth-order valence-electron chi connectivity index (χ4n) is 3.21. The Morgan fingerprint density at radius 3 is 2.39 bits per heavy atom. The van der Waals surface area contributed by atoms with E-state index in [-0.39, 0.29) is 23.2 Å². The van der Waals surface area contributed by atoms with E-state index in [1.165, 1.54) is 28.2 Å². The van der Waals surface area contributed by atoms with Gasteiger partial charge in [-0.1, -0.05) is 18.6 Å². The van der Waals surface area contributed by atoms with Crippen LogP contribution in [0.3, 0.4) is 0 Å². The van der Waals surface area contributed by atoms with Crippen LogP contribution < -0.4 is 10.1 Å². The van der Waals surface area contributed by atoms with Gasteiger partial charge in [-0.15, -0.1) is 11.8 Å². The summed E-state index contributed by atoms with van der Waals surface area (Å²) in [6, 6.07) is 12.6. The second kappa shape index (κ2) is 11.5. The average molecular weight is 467 g/mol. The molecule has 1 aliphatic heterocycles. The Bertz CT molecular complexity index is 944. The summed E-state index contributed by atoms with van der Waals surface area (Å²) in [7, 11) is -3.45. The number of ether oxygens (including phenoxy) is 1. The van der Waals surface area contributed by atoms with Crippen LogP contribution in [0.25, 0.3) is 0 Å². The summed E-state index contributed by atoms with van der Waals surface area (Å²) < 4.78 is 45.3. The molecule has 0 radical (unpaired) electrons. The summed E-state index contributed by atoms with van der Waals surface area (Å²) in [5.74, 6) is 1.12. The molecule has 0 spiro atoms. The molecule has 2 aromatic rings. The van der Waals surface area contributed by atoms with Gasteiger partial charge in [0.1, 0.15) is 18.2 Å². The summed E-state index contributed by atoms with van der Waals surface area (Å²) >= 11 is 1.45. The van der Waals surface area contributed by atoms with Gasteiger partial charge in [0.15, 0.2) is 0 Å². The summed E-state index contributed by atoms with van der Waals surface area (Å²) in [6.07, 6.45) is 2.87. The molecule has 1 N–H and O–H groups in total. The van der Waals surface area contributed by atoms with Crippen LogP contribution in [0.15, 0.2) is 53.4 Å². The molecule has 0 atom stereocenters. The van der Waals surface area contributed by atoms with Crippen molar-refractivity contribution < 1.29 is 22.3 Å².